The molecule has 24 heavy (non-hydrogen) atoms. The Bertz CT molecular complexity index is 603. The molecule has 1 aromatic rings. The van der Waals surface area contributed by atoms with Gasteiger partial charge < -0.3 is 16.4 Å². The Kier molecular flexibility index (Phi) is 7.31. The van der Waals surface area contributed by atoms with Gasteiger partial charge in [-0.1, -0.05) is 19.9 Å². The van der Waals surface area contributed by atoms with Gasteiger partial charge in [0.2, 0.25) is 5.91 Å². The summed E-state index contributed by atoms with van der Waals surface area (Å²) in [5.74, 6) is -0.506. The maximum atomic E-state index is 12.1. The number of carbonyl (C=O) groups excluding carboxylic acids is 2. The molecule has 4 N–H and O–H groups in total. The molecule has 0 fully saturated rings. The van der Waals surface area contributed by atoms with Crippen LogP contribution in [-0.4, -0.2) is 35.4 Å². The summed E-state index contributed by atoms with van der Waals surface area (Å²) in [4.78, 5) is 34.4. The Morgan fingerprint density at radius 1 is 1.25 bits per heavy atom. The zero-order valence-corrected chi connectivity index (χ0v) is 14.1. The van der Waals surface area contributed by atoms with Crippen LogP contribution >= 0.6 is 0 Å². The van der Waals surface area contributed by atoms with Gasteiger partial charge in [-0.3, -0.25) is 19.7 Å². The average Bonchev–Trinajstić information content (AvgIpc) is 2.53. The maximum absolute atomic E-state index is 12.1. The van der Waals surface area contributed by atoms with E-state index >= 15 is 0 Å². The number of hydrogen-bond acceptors (Lipinski definition) is 5. The van der Waals surface area contributed by atoms with Gasteiger partial charge in [0, 0.05) is 30.3 Å². The molecule has 0 aliphatic carbocycles. The molecule has 0 aliphatic rings. The Hall–Kier alpha value is -2.48. The Balaban J connectivity index is 2.67. The third-order valence-electron chi connectivity index (χ3n) is 3.45. The van der Waals surface area contributed by atoms with E-state index in [9.17, 15) is 19.7 Å². The molecular weight excluding hydrogens is 312 g/mol. The standard InChI is InChI=1S/C16H24N4O4/c1-10(2)7-13(9-17)19-15(21)11(3)18-16(22)12-5-4-6-14(8-12)20(23)24/h4-6,8,10-11,13H,7,9,17H2,1-3H3,(H,18,22)(H,19,21). The van der Waals surface area contributed by atoms with Crippen molar-refractivity contribution in [3.63, 3.8) is 0 Å². The van der Waals surface area contributed by atoms with Gasteiger partial charge >= 0.3 is 0 Å². The number of benzene rings is 1. The molecule has 8 heteroatoms. The number of amides is 2. The van der Waals surface area contributed by atoms with Gasteiger partial charge in [-0.05, 0) is 25.3 Å². The third kappa shape index (κ3) is 5.96. The van der Waals surface area contributed by atoms with Crippen molar-refractivity contribution in [3.05, 3.63) is 39.9 Å². The smallest absolute Gasteiger partial charge is 0.270 e. The first-order valence-electron chi connectivity index (χ1n) is 7.80. The normalized spacial score (nSPS) is 13.2. The van der Waals surface area contributed by atoms with Gasteiger partial charge in [-0.2, -0.15) is 0 Å². The van der Waals surface area contributed by atoms with Crippen molar-refractivity contribution in [3.8, 4) is 0 Å². The number of rotatable bonds is 8. The SMILES string of the molecule is CC(C)CC(CN)NC(=O)C(C)NC(=O)c1cccc([N+](=O)[O-])c1. The fourth-order valence-corrected chi connectivity index (χ4v) is 2.22. The predicted octanol–water partition coefficient (Wildman–Crippen LogP) is 1.20. The molecule has 132 valence electrons. The molecule has 2 atom stereocenters. The number of nitrogens with one attached hydrogen (secondary N) is 2. The average molecular weight is 336 g/mol. The van der Waals surface area contributed by atoms with Crippen LogP contribution in [-0.2, 0) is 4.79 Å². The lowest BCUT2D eigenvalue weighted by molar-refractivity contribution is -0.384. The predicted molar refractivity (Wildman–Crippen MR) is 90.5 cm³/mol. The number of nitro benzene ring substituents is 1. The fraction of sp³-hybridized carbons (Fsp3) is 0.500. The summed E-state index contributed by atoms with van der Waals surface area (Å²) >= 11 is 0. The zero-order chi connectivity index (χ0) is 18.3. The van der Waals surface area contributed by atoms with Crippen molar-refractivity contribution < 1.29 is 14.5 Å². The molecule has 0 spiro atoms. The lowest BCUT2D eigenvalue weighted by atomic mass is 10.0. The fourth-order valence-electron chi connectivity index (χ4n) is 2.22. The van der Waals surface area contributed by atoms with Crippen molar-refractivity contribution in [2.75, 3.05) is 6.54 Å². The minimum Gasteiger partial charge on any atom is -0.350 e. The number of nitrogens with two attached hydrogens (primary N) is 1. The molecule has 1 rings (SSSR count). The van der Waals surface area contributed by atoms with Crippen LogP contribution < -0.4 is 16.4 Å². The summed E-state index contributed by atoms with van der Waals surface area (Å²) in [5, 5.41) is 16.1. The molecule has 0 bridgehead atoms. The van der Waals surface area contributed by atoms with Gasteiger partial charge in [0.1, 0.15) is 6.04 Å². The third-order valence-corrected chi connectivity index (χ3v) is 3.45. The van der Waals surface area contributed by atoms with Gasteiger partial charge in [-0.25, -0.2) is 0 Å². The van der Waals surface area contributed by atoms with E-state index in [0.717, 1.165) is 6.42 Å². The highest BCUT2D eigenvalue weighted by molar-refractivity contribution is 5.97. The Morgan fingerprint density at radius 2 is 1.92 bits per heavy atom. The summed E-state index contributed by atoms with van der Waals surface area (Å²) < 4.78 is 0. The minimum absolute atomic E-state index is 0.126. The molecule has 8 nitrogen and oxygen atoms in total. The van der Waals surface area contributed by atoms with E-state index in [-0.39, 0.29) is 23.2 Å². The lowest BCUT2D eigenvalue weighted by Gasteiger charge is -2.21. The van der Waals surface area contributed by atoms with Crippen LogP contribution in [0, 0.1) is 16.0 Å². The van der Waals surface area contributed by atoms with Crippen molar-refractivity contribution in [2.45, 2.75) is 39.3 Å². The number of hydrogen-bond donors (Lipinski definition) is 3. The number of nitro groups is 1. The van der Waals surface area contributed by atoms with E-state index < -0.39 is 16.9 Å². The van der Waals surface area contributed by atoms with Crippen LogP contribution in [0.15, 0.2) is 24.3 Å². The first-order valence-corrected chi connectivity index (χ1v) is 7.80. The highest BCUT2D eigenvalue weighted by Crippen LogP contribution is 2.13. The molecular formula is C16H24N4O4. The van der Waals surface area contributed by atoms with E-state index in [4.69, 9.17) is 5.73 Å². The van der Waals surface area contributed by atoms with Crippen LogP contribution in [0.5, 0.6) is 0 Å². The van der Waals surface area contributed by atoms with Gasteiger partial charge in [-0.15, -0.1) is 0 Å². The highest BCUT2D eigenvalue weighted by atomic mass is 16.6. The number of nitrogens with zero attached hydrogens (tertiary/aromatic N) is 1. The van der Waals surface area contributed by atoms with Gasteiger partial charge in [0.25, 0.3) is 11.6 Å². The van der Waals surface area contributed by atoms with Crippen LogP contribution in [0.2, 0.25) is 0 Å². The van der Waals surface area contributed by atoms with Gasteiger partial charge in [0.15, 0.2) is 0 Å². The molecule has 2 unspecified atom stereocenters. The first kappa shape index (κ1) is 19.6. The van der Waals surface area contributed by atoms with Crippen molar-refractivity contribution >= 4 is 17.5 Å². The summed E-state index contributed by atoms with van der Waals surface area (Å²) in [5.41, 5.74) is 5.59. The van der Waals surface area contributed by atoms with Crippen LogP contribution in [0.1, 0.15) is 37.6 Å². The number of non-ortho nitro benzene ring substituents is 1. The highest BCUT2D eigenvalue weighted by Gasteiger charge is 2.20. The van der Waals surface area contributed by atoms with Crippen molar-refractivity contribution in [1.29, 1.82) is 0 Å². The lowest BCUT2D eigenvalue weighted by Crippen LogP contribution is -2.50. The molecule has 0 aromatic heterocycles. The molecule has 0 aliphatic heterocycles. The monoisotopic (exact) mass is 336 g/mol. The molecule has 1 aromatic carbocycles. The van der Waals surface area contributed by atoms with E-state index in [0.29, 0.717) is 12.5 Å². The second kappa shape index (κ2) is 8.97. The first-order chi connectivity index (χ1) is 11.2. The van der Waals surface area contributed by atoms with E-state index in [1.54, 1.807) is 6.92 Å². The quantitative estimate of drug-likeness (QED) is 0.485. The van der Waals surface area contributed by atoms with Crippen molar-refractivity contribution in [2.24, 2.45) is 11.7 Å². The summed E-state index contributed by atoms with van der Waals surface area (Å²) in [6.45, 7) is 5.92. The van der Waals surface area contributed by atoms with E-state index in [1.807, 2.05) is 13.8 Å². The van der Waals surface area contributed by atoms with E-state index in [2.05, 4.69) is 10.6 Å². The second-order valence-electron chi connectivity index (χ2n) is 6.07. The minimum atomic E-state index is -0.780. The molecule has 2 amide bonds. The van der Waals surface area contributed by atoms with E-state index in [1.165, 1.54) is 24.3 Å². The van der Waals surface area contributed by atoms with Gasteiger partial charge in [0.05, 0.1) is 4.92 Å². The molecule has 0 saturated carbocycles. The van der Waals surface area contributed by atoms with Crippen LogP contribution in [0.3, 0.4) is 0 Å². The Morgan fingerprint density at radius 3 is 2.46 bits per heavy atom. The van der Waals surface area contributed by atoms with Crippen LogP contribution in [0.25, 0.3) is 0 Å². The second-order valence-corrected chi connectivity index (χ2v) is 6.07. The molecule has 0 saturated heterocycles. The topological polar surface area (TPSA) is 127 Å². The maximum Gasteiger partial charge on any atom is 0.270 e. The largest absolute Gasteiger partial charge is 0.350 e. The summed E-state index contributed by atoms with van der Waals surface area (Å²) in [6.07, 6.45) is 0.744. The molecule has 0 radical (unpaired) electrons. The summed E-state index contributed by atoms with van der Waals surface area (Å²) in [7, 11) is 0. The van der Waals surface area contributed by atoms with Crippen molar-refractivity contribution in [1.82, 2.24) is 10.6 Å². The zero-order valence-electron chi connectivity index (χ0n) is 14.1. The molecule has 0 heterocycles. The summed E-state index contributed by atoms with van der Waals surface area (Å²) in [6, 6.07) is 4.40. The van der Waals surface area contributed by atoms with Crippen LogP contribution in [0.4, 0.5) is 5.69 Å². The number of carbonyl (C=O) groups is 2. The Labute approximate surface area is 140 Å².